The van der Waals surface area contributed by atoms with Crippen molar-refractivity contribution in [3.63, 3.8) is 0 Å². The summed E-state index contributed by atoms with van der Waals surface area (Å²) in [6.45, 7) is 0.260. The minimum Gasteiger partial charge on any atom is -0.484 e. The number of aryl methyl sites for hydroxylation is 1. The van der Waals surface area contributed by atoms with Crippen molar-refractivity contribution >= 4 is 21.6 Å². The van der Waals surface area contributed by atoms with Gasteiger partial charge in [-0.15, -0.1) is 10.2 Å². The lowest BCUT2D eigenvalue weighted by Crippen LogP contribution is -2.00. The predicted molar refractivity (Wildman–Crippen MR) is 61.7 cm³/mol. The van der Waals surface area contributed by atoms with Gasteiger partial charge < -0.3 is 10.5 Å². The monoisotopic (exact) mass is 283 g/mol. The Morgan fingerprint density at radius 3 is 3.00 bits per heavy atom. The second-order valence-electron chi connectivity index (χ2n) is 3.14. The summed E-state index contributed by atoms with van der Waals surface area (Å²) in [5.74, 6) is 1.18. The smallest absolute Gasteiger partial charge is 0.212 e. The lowest BCUT2D eigenvalue weighted by molar-refractivity contribution is 0.293. The number of halogens is 1. The van der Waals surface area contributed by atoms with Gasteiger partial charge in [0.25, 0.3) is 0 Å². The van der Waals surface area contributed by atoms with E-state index in [2.05, 4.69) is 31.3 Å². The van der Waals surface area contributed by atoms with Crippen LogP contribution >= 0.6 is 15.9 Å². The molecule has 16 heavy (non-hydrogen) atoms. The number of anilines is 1. The number of aromatic nitrogens is 4. The van der Waals surface area contributed by atoms with Crippen molar-refractivity contribution in [2.75, 3.05) is 5.73 Å². The van der Waals surface area contributed by atoms with Crippen LogP contribution in [0.3, 0.4) is 0 Å². The Kier molecular flexibility index (Phi) is 3.04. The molecular formula is C9H10BrN5O. The van der Waals surface area contributed by atoms with E-state index in [-0.39, 0.29) is 6.61 Å². The molecule has 0 spiro atoms. The number of hydrogen-bond donors (Lipinski definition) is 1. The van der Waals surface area contributed by atoms with Crippen molar-refractivity contribution in [3.05, 3.63) is 28.5 Å². The Labute approximate surface area is 101 Å². The van der Waals surface area contributed by atoms with Gasteiger partial charge in [-0.05, 0) is 33.3 Å². The van der Waals surface area contributed by atoms with Crippen LogP contribution < -0.4 is 10.5 Å². The highest BCUT2D eigenvalue weighted by Crippen LogP contribution is 2.30. The third-order valence-corrected chi connectivity index (χ3v) is 2.75. The van der Waals surface area contributed by atoms with E-state index < -0.39 is 0 Å². The van der Waals surface area contributed by atoms with Gasteiger partial charge in [-0.25, -0.2) is 0 Å². The van der Waals surface area contributed by atoms with Crippen LogP contribution in [0.5, 0.6) is 5.75 Å². The fourth-order valence-electron chi connectivity index (χ4n) is 1.16. The molecule has 0 aliphatic heterocycles. The highest BCUT2D eigenvalue weighted by Gasteiger charge is 2.06. The lowest BCUT2D eigenvalue weighted by Gasteiger charge is -2.07. The highest BCUT2D eigenvalue weighted by molar-refractivity contribution is 9.10. The van der Waals surface area contributed by atoms with E-state index in [0.29, 0.717) is 17.3 Å². The third-order valence-electron chi connectivity index (χ3n) is 1.90. The second-order valence-corrected chi connectivity index (χ2v) is 3.94. The Balaban J connectivity index is 2.07. The molecule has 0 aliphatic rings. The Hall–Kier alpha value is -1.63. The maximum Gasteiger partial charge on any atom is 0.212 e. The van der Waals surface area contributed by atoms with Crippen molar-refractivity contribution in [2.45, 2.75) is 6.61 Å². The van der Waals surface area contributed by atoms with Gasteiger partial charge in [-0.2, -0.15) is 4.80 Å². The molecule has 0 atom stereocenters. The molecule has 0 amide bonds. The molecule has 0 saturated heterocycles. The summed E-state index contributed by atoms with van der Waals surface area (Å²) >= 11 is 3.35. The van der Waals surface area contributed by atoms with Crippen LogP contribution in [0, 0.1) is 0 Å². The van der Waals surface area contributed by atoms with E-state index in [1.165, 1.54) is 4.80 Å². The summed E-state index contributed by atoms with van der Waals surface area (Å²) in [5, 5.41) is 11.5. The molecule has 1 aromatic heterocycles. The number of rotatable bonds is 3. The zero-order chi connectivity index (χ0) is 11.5. The molecule has 1 heterocycles. The largest absolute Gasteiger partial charge is 0.484 e. The van der Waals surface area contributed by atoms with E-state index in [9.17, 15) is 0 Å². The predicted octanol–water partition coefficient (Wildman–Crippen LogP) is 1.13. The number of benzene rings is 1. The minimum absolute atomic E-state index is 0.260. The van der Waals surface area contributed by atoms with E-state index in [1.54, 1.807) is 13.1 Å². The van der Waals surface area contributed by atoms with Gasteiger partial charge >= 0.3 is 0 Å². The molecule has 0 saturated carbocycles. The molecule has 0 radical (unpaired) electrons. The van der Waals surface area contributed by atoms with E-state index in [1.807, 2.05) is 12.1 Å². The van der Waals surface area contributed by atoms with Crippen LogP contribution in [0.1, 0.15) is 5.82 Å². The van der Waals surface area contributed by atoms with Gasteiger partial charge in [0.05, 0.1) is 11.5 Å². The first-order chi connectivity index (χ1) is 7.66. The fraction of sp³-hybridized carbons (Fsp3) is 0.222. The molecule has 84 valence electrons. The molecule has 2 N–H and O–H groups in total. The van der Waals surface area contributed by atoms with Crippen molar-refractivity contribution in [1.29, 1.82) is 0 Å². The molecule has 2 rings (SSSR count). The lowest BCUT2D eigenvalue weighted by atomic mass is 10.3. The Morgan fingerprint density at radius 2 is 2.31 bits per heavy atom. The van der Waals surface area contributed by atoms with Crippen molar-refractivity contribution in [2.24, 2.45) is 7.05 Å². The molecular weight excluding hydrogens is 274 g/mol. The number of nitrogens with two attached hydrogens (primary N) is 1. The number of nitrogens with zero attached hydrogens (tertiary/aromatic N) is 4. The molecule has 0 bridgehead atoms. The van der Waals surface area contributed by atoms with Gasteiger partial charge in [0.2, 0.25) is 5.82 Å². The normalized spacial score (nSPS) is 10.4. The quantitative estimate of drug-likeness (QED) is 0.855. The van der Waals surface area contributed by atoms with Crippen molar-refractivity contribution in [1.82, 2.24) is 20.2 Å². The standard InChI is InChI=1S/C9H10BrN5O/c1-15-13-8(12-14-15)5-16-7-4-2-3-6(11)9(7)10/h2-4H,5,11H2,1H3. The summed E-state index contributed by atoms with van der Waals surface area (Å²) in [6.07, 6.45) is 0. The average molecular weight is 284 g/mol. The SMILES string of the molecule is Cn1nnc(COc2cccc(N)c2Br)n1. The van der Waals surface area contributed by atoms with Gasteiger partial charge in [0.1, 0.15) is 5.75 Å². The number of tetrazole rings is 1. The number of ether oxygens (including phenoxy) is 1. The van der Waals surface area contributed by atoms with Crippen LogP contribution in [0.2, 0.25) is 0 Å². The van der Waals surface area contributed by atoms with E-state index in [4.69, 9.17) is 10.5 Å². The van der Waals surface area contributed by atoms with Crippen LogP contribution in [-0.2, 0) is 13.7 Å². The molecule has 1 aromatic carbocycles. The highest BCUT2D eigenvalue weighted by atomic mass is 79.9. The molecule has 0 fully saturated rings. The topological polar surface area (TPSA) is 78.8 Å². The first-order valence-electron chi connectivity index (χ1n) is 4.56. The number of nitrogen functional groups attached to an aromatic ring is 1. The first-order valence-corrected chi connectivity index (χ1v) is 5.36. The van der Waals surface area contributed by atoms with Crippen LogP contribution in [0.25, 0.3) is 0 Å². The van der Waals surface area contributed by atoms with Crippen molar-refractivity contribution in [3.8, 4) is 5.75 Å². The summed E-state index contributed by atoms with van der Waals surface area (Å²) in [5.41, 5.74) is 6.35. The summed E-state index contributed by atoms with van der Waals surface area (Å²) in [7, 11) is 1.70. The summed E-state index contributed by atoms with van der Waals surface area (Å²) in [6, 6.07) is 5.42. The maximum atomic E-state index is 5.72. The van der Waals surface area contributed by atoms with Gasteiger partial charge in [-0.3, -0.25) is 0 Å². The first kappa shape index (κ1) is 10.9. The van der Waals surface area contributed by atoms with Gasteiger partial charge in [-0.1, -0.05) is 6.07 Å². The zero-order valence-corrected chi connectivity index (χ0v) is 10.2. The summed E-state index contributed by atoms with van der Waals surface area (Å²) < 4.78 is 6.25. The Bertz CT molecular complexity index is 498. The molecule has 6 nitrogen and oxygen atoms in total. The van der Waals surface area contributed by atoms with Crippen LogP contribution in [0.15, 0.2) is 22.7 Å². The molecule has 0 aliphatic carbocycles. The number of hydrogen-bond acceptors (Lipinski definition) is 5. The average Bonchev–Trinajstić information content (AvgIpc) is 2.67. The molecule has 7 heteroatoms. The summed E-state index contributed by atoms with van der Waals surface area (Å²) in [4.78, 5) is 1.38. The van der Waals surface area contributed by atoms with Gasteiger partial charge in [0, 0.05) is 5.69 Å². The third kappa shape index (κ3) is 2.30. The Morgan fingerprint density at radius 1 is 1.50 bits per heavy atom. The zero-order valence-electron chi connectivity index (χ0n) is 8.59. The molecule has 2 aromatic rings. The van der Waals surface area contributed by atoms with Crippen LogP contribution in [-0.4, -0.2) is 20.2 Å². The minimum atomic E-state index is 0.260. The van der Waals surface area contributed by atoms with Gasteiger partial charge in [0.15, 0.2) is 6.61 Å². The maximum absolute atomic E-state index is 5.72. The van der Waals surface area contributed by atoms with Crippen LogP contribution in [0.4, 0.5) is 5.69 Å². The molecule has 0 unspecified atom stereocenters. The second kappa shape index (κ2) is 4.48. The van der Waals surface area contributed by atoms with E-state index >= 15 is 0 Å². The fourth-order valence-corrected chi connectivity index (χ4v) is 1.54. The van der Waals surface area contributed by atoms with E-state index in [0.717, 1.165) is 4.47 Å². The van der Waals surface area contributed by atoms with Crippen molar-refractivity contribution < 1.29 is 4.74 Å².